The van der Waals surface area contributed by atoms with Crippen molar-refractivity contribution < 1.29 is 14.3 Å². The van der Waals surface area contributed by atoms with Gasteiger partial charge in [0.15, 0.2) is 6.61 Å². The minimum Gasteiger partial charge on any atom is -0.482 e. The highest BCUT2D eigenvalue weighted by atomic mass is 32.1. The number of carbonyl (C=O) groups excluding carboxylic acids is 2. The number of likely N-dealkylation sites (tertiary alicyclic amines) is 1. The zero-order valence-electron chi connectivity index (χ0n) is 20.7. The van der Waals surface area contributed by atoms with Crippen LogP contribution in [-0.2, 0) is 16.8 Å². The van der Waals surface area contributed by atoms with Crippen LogP contribution < -0.4 is 15.0 Å². The van der Waals surface area contributed by atoms with Crippen LogP contribution in [0.2, 0.25) is 0 Å². The second-order valence-corrected chi connectivity index (χ2v) is 11.3. The Hall–Kier alpha value is -2.45. The molecule has 7 nitrogen and oxygen atoms in total. The van der Waals surface area contributed by atoms with E-state index in [-0.39, 0.29) is 23.8 Å². The van der Waals surface area contributed by atoms with Crippen LogP contribution >= 0.6 is 11.3 Å². The van der Waals surface area contributed by atoms with E-state index in [9.17, 15) is 9.59 Å². The van der Waals surface area contributed by atoms with Gasteiger partial charge in [0.05, 0.1) is 12.2 Å². The number of hydrogen-bond acceptors (Lipinski definition) is 6. The summed E-state index contributed by atoms with van der Waals surface area (Å²) in [5.74, 6) is 0.440. The lowest BCUT2D eigenvalue weighted by atomic mass is 9.86. The number of nitrogens with zero attached hydrogens (tertiary/aromatic N) is 3. The van der Waals surface area contributed by atoms with E-state index in [1.54, 1.807) is 10.3 Å². The molecule has 1 saturated heterocycles. The normalized spacial score (nSPS) is 19.0. The first-order chi connectivity index (χ1) is 16.2. The summed E-state index contributed by atoms with van der Waals surface area (Å²) in [6, 6.07) is 6.64. The molecule has 0 aliphatic carbocycles. The van der Waals surface area contributed by atoms with E-state index < -0.39 is 0 Å². The first-order valence-electron chi connectivity index (χ1n) is 12.3. The summed E-state index contributed by atoms with van der Waals surface area (Å²) in [5, 5.41) is 5.50. The number of piperidine rings is 1. The van der Waals surface area contributed by atoms with Crippen molar-refractivity contribution in [1.29, 1.82) is 0 Å². The molecule has 184 valence electrons. The Morgan fingerprint density at radius 1 is 1.29 bits per heavy atom. The van der Waals surface area contributed by atoms with E-state index in [1.807, 2.05) is 18.2 Å². The van der Waals surface area contributed by atoms with Gasteiger partial charge in [-0.1, -0.05) is 33.3 Å². The van der Waals surface area contributed by atoms with Crippen LogP contribution in [0.25, 0.3) is 0 Å². The number of hydrogen-bond donors (Lipinski definition) is 1. The fraction of sp³-hybridized carbons (Fsp3) is 0.577. The van der Waals surface area contributed by atoms with Gasteiger partial charge in [0.1, 0.15) is 16.5 Å². The minimum absolute atomic E-state index is 0.0101. The van der Waals surface area contributed by atoms with Gasteiger partial charge in [-0.15, -0.1) is 11.3 Å². The van der Waals surface area contributed by atoms with Gasteiger partial charge in [-0.05, 0) is 55.8 Å². The fourth-order valence-electron chi connectivity index (χ4n) is 4.53. The molecule has 2 aromatic rings. The summed E-state index contributed by atoms with van der Waals surface area (Å²) in [5.41, 5.74) is 2.26. The third kappa shape index (κ3) is 5.78. The quantitative estimate of drug-likeness (QED) is 0.591. The highest BCUT2D eigenvalue weighted by molar-refractivity contribution is 7.09. The van der Waals surface area contributed by atoms with Crippen molar-refractivity contribution in [2.45, 2.75) is 71.4 Å². The van der Waals surface area contributed by atoms with E-state index in [1.165, 1.54) is 30.6 Å². The summed E-state index contributed by atoms with van der Waals surface area (Å²) in [7, 11) is 0. The number of benzene rings is 1. The molecule has 1 fully saturated rings. The Balaban J connectivity index is 1.35. The molecule has 1 atom stereocenters. The lowest BCUT2D eigenvalue weighted by Gasteiger charge is -2.33. The molecule has 1 N–H and O–H groups in total. The SMILES string of the molecule is CC1CCCCN1CCCNC(=O)c1csc(CN2C(=O)COc3ccc(C(C)(C)C)cc32)n1. The van der Waals surface area contributed by atoms with Crippen molar-refractivity contribution in [3.63, 3.8) is 0 Å². The second-order valence-electron chi connectivity index (χ2n) is 10.3. The topological polar surface area (TPSA) is 74.8 Å². The van der Waals surface area contributed by atoms with Gasteiger partial charge in [0.25, 0.3) is 11.8 Å². The molecule has 0 saturated carbocycles. The van der Waals surface area contributed by atoms with Crippen LogP contribution in [0.1, 0.15) is 74.4 Å². The number of carbonyl (C=O) groups is 2. The average molecular weight is 485 g/mol. The van der Waals surface area contributed by atoms with Crippen molar-refractivity contribution in [1.82, 2.24) is 15.2 Å². The first-order valence-corrected chi connectivity index (χ1v) is 13.1. The minimum atomic E-state index is -0.155. The number of rotatable bonds is 7. The molecule has 2 aliphatic rings. The fourth-order valence-corrected chi connectivity index (χ4v) is 5.29. The summed E-state index contributed by atoms with van der Waals surface area (Å²) < 4.78 is 5.64. The lowest BCUT2D eigenvalue weighted by Crippen LogP contribution is -2.39. The Labute approximate surface area is 206 Å². The number of aromatic nitrogens is 1. The summed E-state index contributed by atoms with van der Waals surface area (Å²) in [6.07, 6.45) is 4.79. The molecule has 0 bridgehead atoms. The number of nitrogens with one attached hydrogen (secondary N) is 1. The Kier molecular flexibility index (Phi) is 7.57. The molecule has 2 amide bonds. The number of ether oxygens (including phenoxy) is 1. The molecule has 4 rings (SSSR count). The van der Waals surface area contributed by atoms with Gasteiger partial charge in [-0.2, -0.15) is 0 Å². The van der Waals surface area contributed by atoms with Gasteiger partial charge in [-0.3, -0.25) is 14.5 Å². The van der Waals surface area contributed by atoms with Crippen LogP contribution in [0.5, 0.6) is 5.75 Å². The van der Waals surface area contributed by atoms with Crippen LogP contribution in [0.15, 0.2) is 23.6 Å². The zero-order chi connectivity index (χ0) is 24.3. The van der Waals surface area contributed by atoms with Gasteiger partial charge >= 0.3 is 0 Å². The zero-order valence-corrected chi connectivity index (χ0v) is 21.5. The number of anilines is 1. The number of thiazole rings is 1. The highest BCUT2D eigenvalue weighted by Crippen LogP contribution is 2.37. The van der Waals surface area contributed by atoms with E-state index in [2.05, 4.69) is 42.9 Å². The molecule has 0 spiro atoms. The smallest absolute Gasteiger partial charge is 0.270 e. The molecular formula is C26H36N4O3S. The summed E-state index contributed by atoms with van der Waals surface area (Å²) >= 11 is 1.41. The van der Waals surface area contributed by atoms with Crippen LogP contribution in [0.4, 0.5) is 5.69 Å². The number of amides is 2. The van der Waals surface area contributed by atoms with Crippen molar-refractivity contribution in [2.75, 3.05) is 31.1 Å². The van der Waals surface area contributed by atoms with Crippen molar-refractivity contribution in [3.05, 3.63) is 39.8 Å². The largest absolute Gasteiger partial charge is 0.482 e. The summed E-state index contributed by atoms with van der Waals surface area (Å²) in [6.45, 7) is 11.9. The highest BCUT2D eigenvalue weighted by Gasteiger charge is 2.28. The van der Waals surface area contributed by atoms with Crippen molar-refractivity contribution >= 4 is 28.8 Å². The van der Waals surface area contributed by atoms with Crippen molar-refractivity contribution in [3.8, 4) is 5.75 Å². The molecule has 0 radical (unpaired) electrons. The predicted molar refractivity (Wildman–Crippen MR) is 136 cm³/mol. The van der Waals surface area contributed by atoms with E-state index >= 15 is 0 Å². The molecule has 34 heavy (non-hydrogen) atoms. The molecule has 1 unspecified atom stereocenters. The maximum atomic E-state index is 12.7. The Morgan fingerprint density at radius 3 is 2.88 bits per heavy atom. The molecular weight excluding hydrogens is 448 g/mol. The Morgan fingerprint density at radius 2 is 2.12 bits per heavy atom. The molecule has 3 heterocycles. The number of fused-ring (bicyclic) bond motifs is 1. The Bertz CT molecular complexity index is 1030. The molecule has 1 aromatic carbocycles. The monoisotopic (exact) mass is 484 g/mol. The third-order valence-electron chi connectivity index (χ3n) is 6.69. The van der Waals surface area contributed by atoms with Gasteiger partial charge in [-0.25, -0.2) is 4.98 Å². The molecule has 2 aliphatic heterocycles. The lowest BCUT2D eigenvalue weighted by molar-refractivity contribution is -0.121. The standard InChI is InChI=1S/C26H36N4O3S/c1-18-8-5-6-12-29(18)13-7-11-27-25(32)20-17-34-23(28-20)15-30-21-14-19(26(2,3)4)9-10-22(21)33-16-24(30)31/h9-10,14,17-18H,5-8,11-13,15-16H2,1-4H3,(H,27,32). The first kappa shape index (κ1) is 24.7. The van der Waals surface area contributed by atoms with E-state index in [4.69, 9.17) is 4.74 Å². The van der Waals surface area contributed by atoms with Crippen molar-refractivity contribution in [2.24, 2.45) is 0 Å². The average Bonchev–Trinajstić information content (AvgIpc) is 3.27. The van der Waals surface area contributed by atoms with Gasteiger partial charge in [0, 0.05) is 24.5 Å². The maximum absolute atomic E-state index is 12.7. The van der Waals surface area contributed by atoms with E-state index in [0.717, 1.165) is 35.8 Å². The third-order valence-corrected chi connectivity index (χ3v) is 7.53. The molecule has 1 aromatic heterocycles. The summed E-state index contributed by atoms with van der Waals surface area (Å²) in [4.78, 5) is 34.0. The van der Waals surface area contributed by atoms with Gasteiger partial charge < -0.3 is 15.0 Å². The van der Waals surface area contributed by atoms with Crippen LogP contribution in [0, 0.1) is 0 Å². The predicted octanol–water partition coefficient (Wildman–Crippen LogP) is 4.36. The maximum Gasteiger partial charge on any atom is 0.270 e. The van der Waals surface area contributed by atoms with Crippen LogP contribution in [-0.4, -0.2) is 54.0 Å². The van der Waals surface area contributed by atoms with Crippen LogP contribution in [0.3, 0.4) is 0 Å². The molecule has 8 heteroatoms. The second kappa shape index (κ2) is 10.4. The van der Waals surface area contributed by atoms with E-state index in [0.29, 0.717) is 30.6 Å². The van der Waals surface area contributed by atoms with Gasteiger partial charge in [0.2, 0.25) is 0 Å².